The first-order valence-corrected chi connectivity index (χ1v) is 8.35. The molecule has 0 aliphatic carbocycles. The molecule has 2 rings (SSSR count). The van der Waals surface area contributed by atoms with Crippen LogP contribution >= 0.6 is 23.4 Å². The van der Waals surface area contributed by atoms with E-state index >= 15 is 0 Å². The number of carboxylic acids is 1. The minimum atomic E-state index is -3.91. The first-order valence-electron chi connectivity index (χ1n) is 5.48. The molecule has 0 saturated carbocycles. The van der Waals surface area contributed by atoms with Gasteiger partial charge in [-0.2, -0.15) is 4.31 Å². The zero-order valence-corrected chi connectivity index (χ0v) is 12.4. The number of hydrogen-bond donors (Lipinski definition) is 1. The molecular formula is C11H12ClNO4S2. The van der Waals surface area contributed by atoms with Gasteiger partial charge < -0.3 is 5.11 Å². The minimum absolute atomic E-state index is 0.0581. The first-order chi connectivity index (χ1) is 8.85. The second-order valence-electron chi connectivity index (χ2n) is 4.05. The highest BCUT2D eigenvalue weighted by Gasteiger charge is 2.45. The molecule has 1 fully saturated rings. The van der Waals surface area contributed by atoms with E-state index in [2.05, 4.69) is 0 Å². The average Bonchev–Trinajstić information content (AvgIpc) is 2.72. The van der Waals surface area contributed by atoms with E-state index in [1.165, 1.54) is 23.9 Å². The zero-order valence-electron chi connectivity index (χ0n) is 9.98. The van der Waals surface area contributed by atoms with Gasteiger partial charge in [0.2, 0.25) is 10.0 Å². The Morgan fingerprint density at radius 2 is 2.11 bits per heavy atom. The summed E-state index contributed by atoms with van der Waals surface area (Å²) < 4.78 is 26.1. The summed E-state index contributed by atoms with van der Waals surface area (Å²) in [6.45, 7) is 1.67. The molecule has 8 heteroatoms. The van der Waals surface area contributed by atoms with Gasteiger partial charge in [-0.1, -0.05) is 23.7 Å². The van der Waals surface area contributed by atoms with Gasteiger partial charge in [0.25, 0.3) is 0 Å². The van der Waals surface area contributed by atoms with Gasteiger partial charge in [-0.3, -0.25) is 4.79 Å². The van der Waals surface area contributed by atoms with E-state index in [0.717, 1.165) is 4.31 Å². The third-order valence-corrected chi connectivity index (χ3v) is 6.67. The maximum atomic E-state index is 12.5. The summed E-state index contributed by atoms with van der Waals surface area (Å²) in [7, 11) is -3.91. The Bertz CT molecular complexity index is 604. The lowest BCUT2D eigenvalue weighted by Crippen LogP contribution is -2.44. The Hall–Kier alpha value is -0.760. The molecule has 1 aliphatic rings. The van der Waals surface area contributed by atoms with Gasteiger partial charge in [0, 0.05) is 5.75 Å². The second-order valence-corrected chi connectivity index (χ2v) is 7.62. The van der Waals surface area contributed by atoms with Crippen molar-refractivity contribution in [2.24, 2.45) is 0 Å². The SMILES string of the molecule is CC1SCC(C(=O)O)N1S(=O)(=O)c1ccccc1Cl. The van der Waals surface area contributed by atoms with E-state index < -0.39 is 27.4 Å². The van der Waals surface area contributed by atoms with Crippen molar-refractivity contribution in [1.82, 2.24) is 4.31 Å². The van der Waals surface area contributed by atoms with Gasteiger partial charge in [-0.15, -0.1) is 11.8 Å². The van der Waals surface area contributed by atoms with Crippen molar-refractivity contribution < 1.29 is 18.3 Å². The van der Waals surface area contributed by atoms with Crippen molar-refractivity contribution >= 4 is 39.4 Å². The Morgan fingerprint density at radius 1 is 1.47 bits per heavy atom. The Labute approximate surface area is 120 Å². The van der Waals surface area contributed by atoms with Crippen molar-refractivity contribution in [3.8, 4) is 0 Å². The maximum absolute atomic E-state index is 12.5. The molecule has 0 spiro atoms. The number of aliphatic carboxylic acids is 1. The molecule has 1 aromatic rings. The van der Waals surface area contributed by atoms with Crippen LogP contribution in [0.4, 0.5) is 0 Å². The normalized spacial score (nSPS) is 24.5. The lowest BCUT2D eigenvalue weighted by Gasteiger charge is -2.24. The number of nitrogens with zero attached hydrogens (tertiary/aromatic N) is 1. The molecule has 104 valence electrons. The van der Waals surface area contributed by atoms with Crippen LogP contribution in [0.5, 0.6) is 0 Å². The molecule has 1 aliphatic heterocycles. The van der Waals surface area contributed by atoms with E-state index in [9.17, 15) is 13.2 Å². The van der Waals surface area contributed by atoms with Gasteiger partial charge in [0.15, 0.2) is 0 Å². The number of thioether (sulfide) groups is 1. The molecular weight excluding hydrogens is 310 g/mol. The monoisotopic (exact) mass is 321 g/mol. The fraction of sp³-hybridized carbons (Fsp3) is 0.364. The summed E-state index contributed by atoms with van der Waals surface area (Å²) in [5, 5.41) is 8.79. The summed E-state index contributed by atoms with van der Waals surface area (Å²) in [5.41, 5.74) is 0. The van der Waals surface area contributed by atoms with Crippen LogP contribution in [0.2, 0.25) is 5.02 Å². The highest BCUT2D eigenvalue weighted by molar-refractivity contribution is 8.01. The molecule has 0 aromatic heterocycles. The van der Waals surface area contributed by atoms with Crippen LogP contribution in [0.3, 0.4) is 0 Å². The van der Waals surface area contributed by atoms with Crippen molar-refractivity contribution in [1.29, 1.82) is 0 Å². The van der Waals surface area contributed by atoms with Gasteiger partial charge in [0.1, 0.15) is 10.9 Å². The summed E-state index contributed by atoms with van der Waals surface area (Å²) in [6.07, 6.45) is 0. The molecule has 2 atom stereocenters. The topological polar surface area (TPSA) is 74.7 Å². The lowest BCUT2D eigenvalue weighted by molar-refractivity contribution is -0.140. The first kappa shape index (κ1) is 14.6. The van der Waals surface area contributed by atoms with E-state index in [1.54, 1.807) is 19.1 Å². The van der Waals surface area contributed by atoms with Crippen LogP contribution in [0.25, 0.3) is 0 Å². The van der Waals surface area contributed by atoms with Gasteiger partial charge >= 0.3 is 5.97 Å². The standard InChI is InChI=1S/C11H12ClNO4S2/c1-7-13(9(6-18-7)11(14)15)19(16,17)10-5-3-2-4-8(10)12/h2-5,7,9H,6H2,1H3,(H,14,15). The number of benzene rings is 1. The van der Waals surface area contributed by atoms with Gasteiger partial charge in [-0.25, -0.2) is 8.42 Å². The molecule has 5 nitrogen and oxygen atoms in total. The highest BCUT2D eigenvalue weighted by Crippen LogP contribution is 2.36. The third kappa shape index (κ3) is 2.60. The number of sulfonamides is 1. The predicted octanol–water partition coefficient (Wildman–Crippen LogP) is 1.88. The molecule has 2 unspecified atom stereocenters. The number of carboxylic acid groups (broad SMARTS) is 1. The van der Waals surface area contributed by atoms with Crippen molar-refractivity contribution in [3.05, 3.63) is 29.3 Å². The Kier molecular flexibility index (Phi) is 4.10. The summed E-state index contributed by atoms with van der Waals surface area (Å²) in [6, 6.07) is 4.98. The van der Waals surface area contributed by atoms with Crippen molar-refractivity contribution in [2.45, 2.75) is 23.2 Å². The molecule has 19 heavy (non-hydrogen) atoms. The fourth-order valence-corrected chi connectivity index (χ4v) is 5.73. The zero-order chi connectivity index (χ0) is 14.2. The maximum Gasteiger partial charge on any atom is 0.322 e. The molecule has 0 radical (unpaired) electrons. The predicted molar refractivity (Wildman–Crippen MR) is 73.8 cm³/mol. The van der Waals surface area contributed by atoms with Gasteiger partial charge in [0.05, 0.1) is 10.4 Å². The van der Waals surface area contributed by atoms with E-state index in [4.69, 9.17) is 16.7 Å². The molecule has 1 heterocycles. The van der Waals surface area contributed by atoms with Crippen LogP contribution < -0.4 is 0 Å². The number of rotatable bonds is 3. The molecule has 1 N–H and O–H groups in total. The lowest BCUT2D eigenvalue weighted by atomic mass is 10.3. The van der Waals surface area contributed by atoms with Gasteiger partial charge in [-0.05, 0) is 19.1 Å². The summed E-state index contributed by atoms with van der Waals surface area (Å²) >= 11 is 7.19. The highest BCUT2D eigenvalue weighted by atomic mass is 35.5. The van der Waals surface area contributed by atoms with E-state index in [0.29, 0.717) is 0 Å². The minimum Gasteiger partial charge on any atom is -0.480 e. The number of hydrogen-bond acceptors (Lipinski definition) is 4. The third-order valence-electron chi connectivity index (χ3n) is 2.84. The molecule has 0 bridgehead atoms. The summed E-state index contributed by atoms with van der Waals surface area (Å²) in [4.78, 5) is 11.1. The van der Waals surface area contributed by atoms with E-state index in [-0.39, 0.29) is 15.7 Å². The largest absolute Gasteiger partial charge is 0.480 e. The molecule has 1 saturated heterocycles. The van der Waals surface area contributed by atoms with Crippen LogP contribution in [-0.4, -0.2) is 41.0 Å². The van der Waals surface area contributed by atoms with Crippen LogP contribution in [-0.2, 0) is 14.8 Å². The van der Waals surface area contributed by atoms with Crippen molar-refractivity contribution in [2.75, 3.05) is 5.75 Å². The van der Waals surface area contributed by atoms with E-state index in [1.807, 2.05) is 0 Å². The Balaban J connectivity index is 2.50. The average molecular weight is 322 g/mol. The fourth-order valence-electron chi connectivity index (χ4n) is 1.94. The molecule has 0 amide bonds. The quantitative estimate of drug-likeness (QED) is 0.920. The smallest absolute Gasteiger partial charge is 0.322 e. The van der Waals surface area contributed by atoms with Crippen LogP contribution in [0.1, 0.15) is 6.92 Å². The summed E-state index contributed by atoms with van der Waals surface area (Å²) in [5.74, 6) is -0.910. The number of halogens is 1. The Morgan fingerprint density at radius 3 is 2.68 bits per heavy atom. The number of carbonyl (C=O) groups is 1. The molecule has 1 aromatic carbocycles. The van der Waals surface area contributed by atoms with Crippen LogP contribution in [0.15, 0.2) is 29.2 Å². The second kappa shape index (κ2) is 5.32. The van der Waals surface area contributed by atoms with Crippen molar-refractivity contribution in [3.63, 3.8) is 0 Å². The van der Waals surface area contributed by atoms with Crippen LogP contribution in [0, 0.1) is 0 Å².